The van der Waals surface area contributed by atoms with E-state index in [9.17, 15) is 13.2 Å². The Labute approximate surface area is 187 Å². The molecule has 2 fully saturated rings. The highest BCUT2D eigenvalue weighted by molar-refractivity contribution is 7.15. The zero-order valence-electron chi connectivity index (χ0n) is 17.7. The van der Waals surface area contributed by atoms with Crippen LogP contribution in [0.4, 0.5) is 24.1 Å². The Bertz CT molecular complexity index is 1070. The Balaban J connectivity index is 1.25. The maximum Gasteiger partial charge on any atom is 0.389 e. The molecule has 3 aromatic rings. The van der Waals surface area contributed by atoms with Crippen LogP contribution in [0.15, 0.2) is 24.5 Å². The fraction of sp³-hybridized carbons (Fsp3) is 0.571. The number of hydrogen-bond acceptors (Lipinski definition) is 7. The maximum atomic E-state index is 12.4. The van der Waals surface area contributed by atoms with Gasteiger partial charge in [-0.3, -0.25) is 0 Å². The molecule has 2 aliphatic rings. The van der Waals surface area contributed by atoms with Gasteiger partial charge in [-0.1, -0.05) is 0 Å². The van der Waals surface area contributed by atoms with Gasteiger partial charge in [0, 0.05) is 31.7 Å². The first-order valence-electron chi connectivity index (χ1n) is 10.8. The van der Waals surface area contributed by atoms with Gasteiger partial charge in [0.2, 0.25) is 5.95 Å². The van der Waals surface area contributed by atoms with Crippen molar-refractivity contribution in [2.45, 2.75) is 44.8 Å². The van der Waals surface area contributed by atoms with Crippen LogP contribution in [0.2, 0.25) is 0 Å². The number of piperidine rings is 1. The molecule has 0 amide bonds. The molecule has 0 aromatic carbocycles. The third-order valence-electron chi connectivity index (χ3n) is 6.24. The number of ether oxygens (including phenoxy) is 1. The number of halogens is 3. The van der Waals surface area contributed by atoms with Crippen LogP contribution in [0.25, 0.3) is 5.65 Å². The van der Waals surface area contributed by atoms with Gasteiger partial charge in [-0.15, -0.1) is 16.4 Å². The first-order chi connectivity index (χ1) is 15.4. The Kier molecular flexibility index (Phi) is 5.60. The largest absolute Gasteiger partial charge is 0.490 e. The zero-order valence-corrected chi connectivity index (χ0v) is 18.5. The van der Waals surface area contributed by atoms with E-state index in [4.69, 9.17) is 4.74 Å². The van der Waals surface area contributed by atoms with Crippen molar-refractivity contribution in [1.82, 2.24) is 19.6 Å². The highest BCUT2D eigenvalue weighted by atomic mass is 32.1. The van der Waals surface area contributed by atoms with Crippen molar-refractivity contribution in [3.05, 3.63) is 29.5 Å². The minimum Gasteiger partial charge on any atom is -0.490 e. The van der Waals surface area contributed by atoms with Crippen molar-refractivity contribution in [2.24, 2.45) is 11.8 Å². The summed E-state index contributed by atoms with van der Waals surface area (Å²) in [5.74, 6) is 1.97. The van der Waals surface area contributed by atoms with E-state index >= 15 is 0 Å². The molecule has 0 radical (unpaired) electrons. The second-order valence-corrected chi connectivity index (χ2v) is 9.75. The van der Waals surface area contributed by atoms with Crippen LogP contribution < -0.4 is 15.0 Å². The van der Waals surface area contributed by atoms with Crippen molar-refractivity contribution in [3.8, 4) is 5.75 Å². The summed E-state index contributed by atoms with van der Waals surface area (Å²) in [5, 5.41) is 10.4. The highest BCUT2D eigenvalue weighted by Gasteiger charge is 2.43. The van der Waals surface area contributed by atoms with Crippen LogP contribution in [0.1, 0.15) is 30.7 Å². The molecule has 3 aromatic heterocycles. The average molecular weight is 467 g/mol. The predicted molar refractivity (Wildman–Crippen MR) is 116 cm³/mol. The molecule has 7 nitrogen and oxygen atoms in total. The minimum atomic E-state index is -4.17. The molecule has 1 aliphatic heterocycles. The lowest BCUT2D eigenvalue weighted by atomic mass is 9.92. The summed E-state index contributed by atoms with van der Waals surface area (Å²) < 4.78 is 44.2. The standard InChI is InChI=1S/C21H25F3N6OS/c1-13-25-10-17(32-13)29-11-14-5-6-15(12-29)18(14)26-20-27-19-16(4-2-8-30(19)28-20)31-9-3-7-21(22,23)24/h2,4,8,10,14-15,18H,3,5-7,9,11-12H2,1H3,(H,26,28)/t14-,15+,18?. The lowest BCUT2D eigenvalue weighted by molar-refractivity contribution is -0.136. The number of pyridine rings is 1. The maximum absolute atomic E-state index is 12.4. The van der Waals surface area contributed by atoms with Gasteiger partial charge in [0.25, 0.3) is 0 Å². The average Bonchev–Trinajstić information content (AvgIpc) is 3.41. The zero-order chi connectivity index (χ0) is 22.3. The number of nitrogens with one attached hydrogen (secondary N) is 1. The molecule has 1 unspecified atom stereocenters. The van der Waals surface area contributed by atoms with Gasteiger partial charge in [-0.25, -0.2) is 9.50 Å². The van der Waals surface area contributed by atoms with Gasteiger partial charge in [-0.05, 0) is 50.2 Å². The molecule has 32 heavy (non-hydrogen) atoms. The fourth-order valence-electron chi connectivity index (χ4n) is 4.79. The normalized spacial score (nSPS) is 23.1. The van der Waals surface area contributed by atoms with Crippen LogP contribution >= 0.6 is 11.3 Å². The Morgan fingerprint density at radius 2 is 2.03 bits per heavy atom. The number of aryl methyl sites for hydroxylation is 1. The Hall–Kier alpha value is -2.56. The molecule has 1 saturated carbocycles. The SMILES string of the molecule is Cc1ncc(N2C[C@H]3CC[C@@H](C2)C3Nc2nc3c(OCCCC(F)(F)F)cccn3n2)s1. The predicted octanol–water partition coefficient (Wildman–Crippen LogP) is 4.54. The van der Waals surface area contributed by atoms with E-state index < -0.39 is 12.6 Å². The number of fused-ring (bicyclic) bond motifs is 3. The Morgan fingerprint density at radius 1 is 1.25 bits per heavy atom. The summed E-state index contributed by atoms with van der Waals surface area (Å²) >= 11 is 1.74. The second kappa shape index (κ2) is 8.42. The number of thiazole rings is 1. The molecule has 1 saturated heterocycles. The molecule has 0 spiro atoms. The van der Waals surface area contributed by atoms with Gasteiger partial charge in [0.1, 0.15) is 5.00 Å². The third-order valence-corrected chi connectivity index (χ3v) is 7.21. The van der Waals surface area contributed by atoms with E-state index in [0.29, 0.717) is 35.2 Å². The van der Waals surface area contributed by atoms with Crippen molar-refractivity contribution in [1.29, 1.82) is 0 Å². The van der Waals surface area contributed by atoms with Crippen molar-refractivity contribution in [3.63, 3.8) is 0 Å². The van der Waals surface area contributed by atoms with Gasteiger partial charge in [-0.2, -0.15) is 18.2 Å². The van der Waals surface area contributed by atoms with Crippen molar-refractivity contribution >= 4 is 27.9 Å². The summed E-state index contributed by atoms with van der Waals surface area (Å²) in [6, 6.07) is 3.76. The number of anilines is 2. The minimum absolute atomic E-state index is 0.0194. The number of aromatic nitrogens is 4. The number of hydrogen-bond donors (Lipinski definition) is 1. The molecule has 1 N–H and O–H groups in total. The van der Waals surface area contributed by atoms with Crippen LogP contribution in [-0.2, 0) is 0 Å². The molecular weight excluding hydrogens is 441 g/mol. The van der Waals surface area contributed by atoms with E-state index in [2.05, 4.69) is 25.3 Å². The molecule has 172 valence electrons. The van der Waals surface area contributed by atoms with Gasteiger partial charge in [0.05, 0.1) is 17.8 Å². The summed E-state index contributed by atoms with van der Waals surface area (Å²) in [4.78, 5) is 11.4. The third kappa shape index (κ3) is 4.48. The number of rotatable bonds is 7. The van der Waals surface area contributed by atoms with E-state index in [1.807, 2.05) is 13.1 Å². The van der Waals surface area contributed by atoms with E-state index in [0.717, 1.165) is 30.9 Å². The fourth-order valence-corrected chi connectivity index (χ4v) is 5.59. The van der Waals surface area contributed by atoms with Crippen molar-refractivity contribution in [2.75, 3.05) is 29.9 Å². The second-order valence-electron chi connectivity index (χ2n) is 8.53. The molecule has 4 heterocycles. The van der Waals surface area contributed by atoms with E-state index in [1.165, 1.54) is 5.00 Å². The highest BCUT2D eigenvalue weighted by Crippen LogP contribution is 2.41. The molecule has 3 atom stereocenters. The number of alkyl halides is 3. The molecule has 11 heteroatoms. The summed E-state index contributed by atoms with van der Waals surface area (Å²) in [6.07, 6.45) is 0.930. The molecule has 2 bridgehead atoms. The number of nitrogens with zero attached hydrogens (tertiary/aromatic N) is 5. The lowest BCUT2D eigenvalue weighted by Crippen LogP contribution is -2.48. The quantitative estimate of drug-likeness (QED) is 0.516. The molecular formula is C21H25F3N6OS. The first-order valence-corrected chi connectivity index (χ1v) is 11.7. The summed E-state index contributed by atoms with van der Waals surface area (Å²) in [5.41, 5.74) is 0.506. The smallest absolute Gasteiger partial charge is 0.389 e. The van der Waals surface area contributed by atoms with Crippen LogP contribution in [0, 0.1) is 18.8 Å². The van der Waals surface area contributed by atoms with Crippen LogP contribution in [0.5, 0.6) is 5.75 Å². The summed E-state index contributed by atoms with van der Waals surface area (Å²) in [7, 11) is 0. The molecule has 1 aliphatic carbocycles. The monoisotopic (exact) mass is 466 g/mol. The topological polar surface area (TPSA) is 67.6 Å². The molecule has 5 rings (SSSR count). The van der Waals surface area contributed by atoms with Crippen LogP contribution in [-0.4, -0.2) is 51.5 Å². The Morgan fingerprint density at radius 3 is 2.72 bits per heavy atom. The van der Waals surface area contributed by atoms with Gasteiger partial charge in [0.15, 0.2) is 11.4 Å². The first kappa shape index (κ1) is 21.3. The van der Waals surface area contributed by atoms with Gasteiger partial charge >= 0.3 is 6.18 Å². The van der Waals surface area contributed by atoms with Crippen LogP contribution in [0.3, 0.4) is 0 Å². The lowest BCUT2D eigenvalue weighted by Gasteiger charge is -2.38. The summed E-state index contributed by atoms with van der Waals surface area (Å²) in [6.45, 7) is 3.97. The van der Waals surface area contributed by atoms with Gasteiger partial charge < -0.3 is 15.0 Å². The van der Waals surface area contributed by atoms with E-state index in [1.54, 1.807) is 34.2 Å². The van der Waals surface area contributed by atoms with Crippen molar-refractivity contribution < 1.29 is 17.9 Å². The van der Waals surface area contributed by atoms with E-state index in [-0.39, 0.29) is 13.0 Å².